The number of morpholine rings is 1. The fourth-order valence-electron chi connectivity index (χ4n) is 5.66. The molecule has 0 bridgehead atoms. The molecule has 2 aliphatic heterocycles. The van der Waals surface area contributed by atoms with E-state index in [0.29, 0.717) is 37.1 Å². The van der Waals surface area contributed by atoms with E-state index in [1.807, 2.05) is 12.1 Å². The molecule has 1 saturated carbocycles. The second-order valence-electron chi connectivity index (χ2n) is 10.3. The Morgan fingerprint density at radius 1 is 1.11 bits per heavy atom. The van der Waals surface area contributed by atoms with Crippen molar-refractivity contribution in [1.29, 1.82) is 0 Å². The third kappa shape index (κ3) is 4.31. The average molecular weight is 477 g/mol. The first-order valence-corrected chi connectivity index (χ1v) is 12.6. The standard InChI is InChI=1S/C26H32N6O3/c1-19-18-35-15-12-31(19)23-16-20(21-17-28-32(24(21)29-23)22-3-11-27-30-22)2-4-26(33)7-5-25(6-8-26)9-13-34-14-10-25/h3,11,16-17,19,33H,5-10,12-15,18H2,1H3,(H,27,30)/t19-/m1/s1. The summed E-state index contributed by atoms with van der Waals surface area (Å²) in [6.07, 6.45) is 9.08. The van der Waals surface area contributed by atoms with Crippen LogP contribution in [0, 0.1) is 17.3 Å². The molecule has 0 amide bonds. The Balaban J connectivity index is 1.36. The zero-order chi connectivity index (χ0) is 23.9. The highest BCUT2D eigenvalue weighted by molar-refractivity contribution is 5.85. The van der Waals surface area contributed by atoms with Crippen LogP contribution in [0.25, 0.3) is 16.9 Å². The number of hydrogen-bond donors (Lipinski definition) is 2. The molecule has 3 aromatic rings. The van der Waals surface area contributed by atoms with Crippen LogP contribution >= 0.6 is 0 Å². The summed E-state index contributed by atoms with van der Waals surface area (Å²) in [6, 6.07) is 4.10. The number of aromatic nitrogens is 5. The minimum atomic E-state index is -0.967. The van der Waals surface area contributed by atoms with Crippen LogP contribution in [0.5, 0.6) is 0 Å². The predicted molar refractivity (Wildman–Crippen MR) is 131 cm³/mol. The second-order valence-corrected chi connectivity index (χ2v) is 10.3. The van der Waals surface area contributed by atoms with Crippen molar-refractivity contribution >= 4 is 16.9 Å². The molecule has 9 heteroatoms. The zero-order valence-electron chi connectivity index (χ0n) is 20.2. The van der Waals surface area contributed by atoms with Crippen LogP contribution in [-0.2, 0) is 9.47 Å². The van der Waals surface area contributed by atoms with Crippen molar-refractivity contribution in [2.24, 2.45) is 5.41 Å². The normalized spacial score (nSPS) is 23.8. The number of aromatic amines is 1. The highest BCUT2D eigenvalue weighted by Crippen LogP contribution is 2.47. The molecule has 1 spiro atoms. The third-order valence-corrected chi connectivity index (χ3v) is 8.03. The van der Waals surface area contributed by atoms with Gasteiger partial charge in [-0.3, -0.25) is 5.10 Å². The zero-order valence-corrected chi connectivity index (χ0v) is 20.2. The molecular formula is C26H32N6O3. The second kappa shape index (κ2) is 8.94. The Bertz CT molecular complexity index is 1240. The molecule has 184 valence electrons. The number of ether oxygens (including phenoxy) is 2. The maximum absolute atomic E-state index is 11.4. The van der Waals surface area contributed by atoms with Gasteiger partial charge in [0.05, 0.1) is 37.0 Å². The molecule has 2 saturated heterocycles. The van der Waals surface area contributed by atoms with Crippen LogP contribution in [-0.4, -0.2) is 74.7 Å². The summed E-state index contributed by atoms with van der Waals surface area (Å²) in [5.41, 5.74) is 0.895. The first-order chi connectivity index (χ1) is 17.0. The molecular weight excluding hydrogens is 444 g/mol. The molecule has 35 heavy (non-hydrogen) atoms. The van der Waals surface area contributed by atoms with Crippen molar-refractivity contribution in [3.63, 3.8) is 0 Å². The van der Waals surface area contributed by atoms with Gasteiger partial charge in [0.15, 0.2) is 11.5 Å². The lowest BCUT2D eigenvalue weighted by Gasteiger charge is -2.44. The molecule has 6 rings (SSSR count). The average Bonchev–Trinajstić information content (AvgIpc) is 3.56. The van der Waals surface area contributed by atoms with Gasteiger partial charge in [-0.05, 0) is 56.9 Å². The molecule has 3 aromatic heterocycles. The van der Waals surface area contributed by atoms with E-state index in [0.717, 1.165) is 68.0 Å². The maximum Gasteiger partial charge on any atom is 0.168 e. The van der Waals surface area contributed by atoms with Crippen LogP contribution < -0.4 is 4.90 Å². The minimum Gasteiger partial charge on any atom is -0.381 e. The van der Waals surface area contributed by atoms with E-state index in [1.165, 1.54) is 0 Å². The Labute approximate surface area is 204 Å². The van der Waals surface area contributed by atoms with E-state index < -0.39 is 5.60 Å². The Morgan fingerprint density at radius 3 is 2.69 bits per heavy atom. The Morgan fingerprint density at radius 2 is 1.94 bits per heavy atom. The summed E-state index contributed by atoms with van der Waals surface area (Å²) >= 11 is 0. The van der Waals surface area contributed by atoms with Crippen LogP contribution in [0.2, 0.25) is 0 Å². The lowest BCUT2D eigenvalue weighted by atomic mass is 9.65. The van der Waals surface area contributed by atoms with Gasteiger partial charge in [0.25, 0.3) is 0 Å². The van der Waals surface area contributed by atoms with Gasteiger partial charge in [0, 0.05) is 31.4 Å². The van der Waals surface area contributed by atoms with Crippen LogP contribution in [0.1, 0.15) is 51.0 Å². The van der Waals surface area contributed by atoms with Crippen molar-refractivity contribution in [2.45, 2.75) is 57.1 Å². The molecule has 0 radical (unpaired) electrons. The van der Waals surface area contributed by atoms with Crippen molar-refractivity contribution < 1.29 is 14.6 Å². The van der Waals surface area contributed by atoms with Gasteiger partial charge in [-0.1, -0.05) is 11.8 Å². The van der Waals surface area contributed by atoms with Crippen molar-refractivity contribution in [1.82, 2.24) is 25.0 Å². The van der Waals surface area contributed by atoms with E-state index >= 15 is 0 Å². The number of nitrogens with zero attached hydrogens (tertiary/aromatic N) is 5. The molecule has 0 unspecified atom stereocenters. The lowest BCUT2D eigenvalue weighted by Crippen LogP contribution is -2.44. The Hall–Kier alpha value is -2.93. The number of hydrogen-bond acceptors (Lipinski definition) is 7. The van der Waals surface area contributed by atoms with Crippen LogP contribution in [0.15, 0.2) is 24.5 Å². The summed E-state index contributed by atoms with van der Waals surface area (Å²) in [5, 5.41) is 23.8. The Kier molecular flexibility index (Phi) is 5.75. The SMILES string of the molecule is C[C@@H]1COCCN1c1cc(C#CC2(O)CCC3(CCOCC3)CC2)c2cnn(-c3ccn[nH]3)c2n1. The molecule has 2 N–H and O–H groups in total. The predicted octanol–water partition coefficient (Wildman–Crippen LogP) is 2.82. The van der Waals surface area contributed by atoms with E-state index in [1.54, 1.807) is 17.1 Å². The number of rotatable bonds is 2. The summed E-state index contributed by atoms with van der Waals surface area (Å²) in [4.78, 5) is 7.23. The summed E-state index contributed by atoms with van der Waals surface area (Å²) in [6.45, 7) is 5.90. The smallest absolute Gasteiger partial charge is 0.168 e. The number of H-pyrrole nitrogens is 1. The lowest BCUT2D eigenvalue weighted by molar-refractivity contribution is -0.0473. The van der Waals surface area contributed by atoms with Crippen molar-refractivity contribution in [3.8, 4) is 17.7 Å². The largest absolute Gasteiger partial charge is 0.381 e. The van der Waals surface area contributed by atoms with Gasteiger partial charge in [-0.25, -0.2) is 4.98 Å². The molecule has 1 aliphatic carbocycles. The van der Waals surface area contributed by atoms with E-state index in [2.05, 4.69) is 39.0 Å². The van der Waals surface area contributed by atoms with E-state index in [-0.39, 0.29) is 6.04 Å². The van der Waals surface area contributed by atoms with Gasteiger partial charge in [0.2, 0.25) is 0 Å². The molecule has 3 fully saturated rings. The summed E-state index contributed by atoms with van der Waals surface area (Å²) in [5.74, 6) is 8.19. The van der Waals surface area contributed by atoms with Crippen LogP contribution in [0.3, 0.4) is 0 Å². The number of nitrogens with one attached hydrogen (secondary N) is 1. The highest BCUT2D eigenvalue weighted by atomic mass is 16.5. The van der Waals surface area contributed by atoms with Gasteiger partial charge >= 0.3 is 0 Å². The number of pyridine rings is 1. The van der Waals surface area contributed by atoms with Gasteiger partial charge < -0.3 is 19.5 Å². The number of aliphatic hydroxyl groups is 1. The summed E-state index contributed by atoms with van der Waals surface area (Å²) < 4.78 is 13.0. The van der Waals surface area contributed by atoms with Crippen molar-refractivity contribution in [2.75, 3.05) is 37.9 Å². The van der Waals surface area contributed by atoms with Gasteiger partial charge in [-0.15, -0.1) is 0 Å². The topological polar surface area (TPSA) is 101 Å². The van der Waals surface area contributed by atoms with Gasteiger partial charge in [-0.2, -0.15) is 14.9 Å². The van der Waals surface area contributed by atoms with Crippen molar-refractivity contribution in [3.05, 3.63) is 30.1 Å². The molecule has 0 aromatic carbocycles. The quantitative estimate of drug-likeness (QED) is 0.549. The molecule has 1 atom stereocenters. The first-order valence-electron chi connectivity index (χ1n) is 12.6. The van der Waals surface area contributed by atoms with E-state index in [9.17, 15) is 5.11 Å². The monoisotopic (exact) mass is 476 g/mol. The van der Waals surface area contributed by atoms with E-state index in [4.69, 9.17) is 14.5 Å². The minimum absolute atomic E-state index is 0.205. The fraction of sp³-hybridized carbons (Fsp3) is 0.577. The third-order valence-electron chi connectivity index (χ3n) is 8.03. The van der Waals surface area contributed by atoms with Crippen LogP contribution in [0.4, 0.5) is 5.82 Å². The fourth-order valence-corrected chi connectivity index (χ4v) is 5.66. The molecule has 9 nitrogen and oxygen atoms in total. The first kappa shape index (κ1) is 22.5. The summed E-state index contributed by atoms with van der Waals surface area (Å²) in [7, 11) is 0. The van der Waals surface area contributed by atoms with Gasteiger partial charge in [0.1, 0.15) is 11.4 Å². The number of fused-ring (bicyclic) bond motifs is 1. The molecule has 5 heterocycles. The number of anilines is 1. The maximum atomic E-state index is 11.4. The highest BCUT2D eigenvalue weighted by Gasteiger charge is 2.41. The molecule has 3 aliphatic rings.